The van der Waals surface area contributed by atoms with Gasteiger partial charge in [-0.15, -0.1) is 0 Å². The predicted octanol–water partition coefficient (Wildman–Crippen LogP) is 3.89. The number of phenols is 1. The molecular weight excluding hydrogens is 415 g/mol. The van der Waals surface area contributed by atoms with Crippen LogP contribution < -0.4 is 10.9 Å². The highest BCUT2D eigenvalue weighted by atomic mass is 35.5. The molecule has 146 valence electrons. The molecule has 3 N–H and O–H groups in total. The molecular formula is C19H14Cl2N6O2. The predicted molar refractivity (Wildman–Crippen MR) is 111 cm³/mol. The number of hydrogen-bond acceptors (Lipinski definition) is 6. The van der Waals surface area contributed by atoms with Gasteiger partial charge in [-0.05, 0) is 42.8 Å². The summed E-state index contributed by atoms with van der Waals surface area (Å²) in [6.45, 7) is 1.94. The van der Waals surface area contributed by atoms with Gasteiger partial charge in [0, 0.05) is 10.0 Å². The van der Waals surface area contributed by atoms with Gasteiger partial charge in [-0.2, -0.15) is 5.10 Å². The summed E-state index contributed by atoms with van der Waals surface area (Å²) in [5, 5.41) is 15.7. The number of aromatic nitrogens is 4. The first-order chi connectivity index (χ1) is 13.9. The number of hydrazine groups is 1. The third-order valence-corrected chi connectivity index (χ3v) is 4.73. The fourth-order valence-electron chi connectivity index (χ4n) is 2.80. The van der Waals surface area contributed by atoms with Crippen molar-refractivity contribution in [1.82, 2.24) is 25.2 Å². The highest BCUT2D eigenvalue weighted by molar-refractivity contribution is 6.31. The number of nitrogens with zero attached hydrogens (tertiary/aromatic N) is 4. The number of benzene rings is 2. The standard InChI is InChI=1S/C19H14Cl2N6O2/c1-10-2-3-12(21)7-15(10)27-18-14(8-24-27)17(22-9-23-18)25-26-19(29)13-6-11(20)4-5-16(13)28/h2-9,28H,1H3,(H,26,29)(H,22,23,25). The second-order valence-electron chi connectivity index (χ2n) is 6.19. The number of phenolic OH excluding ortho intramolecular Hbond substituents is 1. The molecule has 0 aliphatic rings. The molecule has 0 atom stereocenters. The van der Waals surface area contributed by atoms with E-state index in [0.29, 0.717) is 26.9 Å². The van der Waals surface area contributed by atoms with E-state index in [4.69, 9.17) is 23.2 Å². The van der Waals surface area contributed by atoms with Crippen molar-refractivity contribution in [2.75, 3.05) is 5.43 Å². The number of aromatic hydroxyl groups is 1. The van der Waals surface area contributed by atoms with Crippen molar-refractivity contribution in [3.8, 4) is 11.4 Å². The zero-order valence-electron chi connectivity index (χ0n) is 15.0. The molecule has 0 unspecified atom stereocenters. The minimum Gasteiger partial charge on any atom is -0.507 e. The van der Waals surface area contributed by atoms with E-state index in [0.717, 1.165) is 11.3 Å². The Kier molecular flexibility index (Phi) is 4.96. The third kappa shape index (κ3) is 3.67. The molecule has 29 heavy (non-hydrogen) atoms. The number of carbonyl (C=O) groups is 1. The molecule has 0 radical (unpaired) electrons. The van der Waals surface area contributed by atoms with Crippen LogP contribution in [0.3, 0.4) is 0 Å². The first kappa shape index (κ1) is 19.0. The fourth-order valence-corrected chi connectivity index (χ4v) is 3.14. The summed E-state index contributed by atoms with van der Waals surface area (Å²) in [4.78, 5) is 20.8. The molecule has 0 saturated heterocycles. The van der Waals surface area contributed by atoms with Crippen LogP contribution >= 0.6 is 23.2 Å². The number of hydrogen-bond donors (Lipinski definition) is 3. The summed E-state index contributed by atoms with van der Waals surface area (Å²) in [7, 11) is 0. The number of nitrogens with one attached hydrogen (secondary N) is 2. The van der Waals surface area contributed by atoms with E-state index in [2.05, 4.69) is 25.9 Å². The van der Waals surface area contributed by atoms with Gasteiger partial charge in [-0.3, -0.25) is 15.6 Å². The van der Waals surface area contributed by atoms with Crippen molar-refractivity contribution < 1.29 is 9.90 Å². The highest BCUT2D eigenvalue weighted by Gasteiger charge is 2.15. The van der Waals surface area contributed by atoms with Crippen molar-refractivity contribution in [3.63, 3.8) is 0 Å². The van der Waals surface area contributed by atoms with Crippen LogP contribution in [0.1, 0.15) is 15.9 Å². The van der Waals surface area contributed by atoms with Crippen LogP contribution in [-0.4, -0.2) is 30.8 Å². The molecule has 10 heteroatoms. The molecule has 0 fully saturated rings. The van der Waals surface area contributed by atoms with E-state index in [1.807, 2.05) is 13.0 Å². The van der Waals surface area contributed by atoms with Gasteiger partial charge in [0.25, 0.3) is 5.91 Å². The lowest BCUT2D eigenvalue weighted by molar-refractivity contribution is 0.0960. The normalized spacial score (nSPS) is 10.9. The molecule has 4 aromatic rings. The molecule has 1 amide bonds. The summed E-state index contributed by atoms with van der Waals surface area (Å²) >= 11 is 12.0. The SMILES string of the molecule is Cc1ccc(Cl)cc1-n1ncc2c(NNC(=O)c3cc(Cl)ccc3O)ncnc21. The molecule has 0 aliphatic carbocycles. The average Bonchev–Trinajstić information content (AvgIpc) is 3.14. The molecule has 0 saturated carbocycles. The molecule has 4 rings (SSSR count). The van der Waals surface area contributed by atoms with Crippen LogP contribution in [0.5, 0.6) is 5.75 Å². The molecule has 2 aromatic carbocycles. The van der Waals surface area contributed by atoms with E-state index in [-0.39, 0.29) is 11.3 Å². The Labute approximate surface area is 175 Å². The Morgan fingerprint density at radius 2 is 1.86 bits per heavy atom. The lowest BCUT2D eigenvalue weighted by atomic mass is 10.2. The van der Waals surface area contributed by atoms with Crippen molar-refractivity contribution in [2.45, 2.75) is 6.92 Å². The van der Waals surface area contributed by atoms with Gasteiger partial charge in [0.1, 0.15) is 12.1 Å². The van der Waals surface area contributed by atoms with Crippen molar-refractivity contribution >= 4 is 46.0 Å². The summed E-state index contributed by atoms with van der Waals surface area (Å²) in [6.07, 6.45) is 2.94. The minimum atomic E-state index is -0.574. The van der Waals surface area contributed by atoms with Gasteiger partial charge in [0.2, 0.25) is 0 Å². The van der Waals surface area contributed by atoms with Crippen LogP contribution in [0, 0.1) is 6.92 Å². The van der Waals surface area contributed by atoms with Crippen LogP contribution in [0.25, 0.3) is 16.7 Å². The van der Waals surface area contributed by atoms with Gasteiger partial charge in [0.15, 0.2) is 11.5 Å². The maximum atomic E-state index is 12.4. The van der Waals surface area contributed by atoms with Gasteiger partial charge < -0.3 is 5.11 Å². The first-order valence-electron chi connectivity index (χ1n) is 8.44. The lowest BCUT2D eigenvalue weighted by Gasteiger charge is -2.10. The molecule has 0 spiro atoms. The summed E-state index contributed by atoms with van der Waals surface area (Å²) < 4.78 is 1.65. The van der Waals surface area contributed by atoms with Crippen molar-refractivity contribution in [3.05, 3.63) is 70.1 Å². The first-order valence-corrected chi connectivity index (χ1v) is 9.20. The van der Waals surface area contributed by atoms with Gasteiger partial charge in [-0.1, -0.05) is 29.3 Å². The Morgan fingerprint density at radius 1 is 1.10 bits per heavy atom. The maximum absolute atomic E-state index is 12.4. The van der Waals surface area contributed by atoms with Gasteiger partial charge in [0.05, 0.1) is 22.8 Å². The summed E-state index contributed by atoms with van der Waals surface area (Å²) in [5.74, 6) is -0.420. The van der Waals surface area contributed by atoms with E-state index in [1.54, 1.807) is 23.0 Å². The molecule has 0 aliphatic heterocycles. The Morgan fingerprint density at radius 3 is 2.69 bits per heavy atom. The van der Waals surface area contributed by atoms with Crippen molar-refractivity contribution in [1.29, 1.82) is 0 Å². The van der Waals surface area contributed by atoms with Gasteiger partial charge in [-0.25, -0.2) is 14.6 Å². The van der Waals surface area contributed by atoms with Crippen LogP contribution in [0.4, 0.5) is 5.82 Å². The molecule has 2 aromatic heterocycles. The zero-order valence-corrected chi connectivity index (χ0v) is 16.5. The number of aryl methyl sites for hydroxylation is 1. The quantitative estimate of drug-likeness (QED) is 0.425. The number of carbonyl (C=O) groups excluding carboxylic acids is 1. The Bertz CT molecular complexity index is 1240. The minimum absolute atomic E-state index is 0.0283. The fraction of sp³-hybridized carbons (Fsp3) is 0.0526. The molecule has 0 bridgehead atoms. The van der Waals surface area contributed by atoms with Crippen LogP contribution in [-0.2, 0) is 0 Å². The van der Waals surface area contributed by atoms with E-state index >= 15 is 0 Å². The lowest BCUT2D eigenvalue weighted by Crippen LogP contribution is -2.30. The Hall–Kier alpha value is -3.36. The van der Waals surface area contributed by atoms with Crippen molar-refractivity contribution in [2.24, 2.45) is 0 Å². The number of rotatable bonds is 4. The zero-order chi connectivity index (χ0) is 20.5. The third-order valence-electron chi connectivity index (χ3n) is 4.26. The van der Waals surface area contributed by atoms with Crippen LogP contribution in [0.2, 0.25) is 10.0 Å². The average molecular weight is 429 g/mol. The second-order valence-corrected chi connectivity index (χ2v) is 7.06. The number of halogens is 2. The second kappa shape index (κ2) is 7.57. The monoisotopic (exact) mass is 428 g/mol. The number of fused-ring (bicyclic) bond motifs is 1. The van der Waals surface area contributed by atoms with E-state index in [1.165, 1.54) is 24.5 Å². The topological polar surface area (TPSA) is 105 Å². The van der Waals surface area contributed by atoms with Crippen LogP contribution in [0.15, 0.2) is 48.9 Å². The smallest absolute Gasteiger partial charge is 0.273 e. The summed E-state index contributed by atoms with van der Waals surface area (Å²) in [6, 6.07) is 9.68. The van der Waals surface area contributed by atoms with Gasteiger partial charge >= 0.3 is 0 Å². The number of amides is 1. The number of anilines is 1. The van der Waals surface area contributed by atoms with E-state index < -0.39 is 5.91 Å². The highest BCUT2D eigenvalue weighted by Crippen LogP contribution is 2.25. The largest absolute Gasteiger partial charge is 0.507 e. The maximum Gasteiger partial charge on any atom is 0.273 e. The van der Waals surface area contributed by atoms with E-state index in [9.17, 15) is 9.90 Å². The molecule has 2 heterocycles. The Balaban J connectivity index is 1.64. The molecule has 8 nitrogen and oxygen atoms in total. The summed E-state index contributed by atoms with van der Waals surface area (Å²) in [5.41, 5.74) is 7.54.